The van der Waals surface area contributed by atoms with E-state index in [0.717, 1.165) is 17.0 Å². The molecular formula is C14H21N5O2. The van der Waals surface area contributed by atoms with Gasteiger partial charge < -0.3 is 10.4 Å². The zero-order chi connectivity index (χ0) is 15.7. The molecule has 2 heterocycles. The van der Waals surface area contributed by atoms with Gasteiger partial charge in [-0.3, -0.25) is 19.4 Å². The molecule has 0 aliphatic carbocycles. The molecule has 0 saturated carbocycles. The molecule has 0 bridgehead atoms. The molecule has 3 N–H and O–H groups in total. The second kappa shape index (κ2) is 5.59. The second-order valence-electron chi connectivity index (χ2n) is 5.36. The van der Waals surface area contributed by atoms with Crippen molar-refractivity contribution in [3.63, 3.8) is 0 Å². The van der Waals surface area contributed by atoms with Gasteiger partial charge in [0.1, 0.15) is 0 Å². The number of aromatic nitrogens is 4. The standard InChI is InChI=1S/C14H21N5O2/c1-7-11(14(21)17-16-7)6-12(20)15-8(2)13-9(3)18-19(5)10(13)4/h8H,6H2,1-5H3,(H,15,20)(H2,16,17,21)/t8-/m1/s1. The Morgan fingerprint density at radius 1 is 1.33 bits per heavy atom. The first kappa shape index (κ1) is 15.1. The number of hydrogen-bond acceptors (Lipinski definition) is 3. The topological polar surface area (TPSA) is 95.6 Å². The van der Waals surface area contributed by atoms with Gasteiger partial charge in [0.15, 0.2) is 0 Å². The van der Waals surface area contributed by atoms with E-state index in [-0.39, 0.29) is 23.9 Å². The Morgan fingerprint density at radius 3 is 2.48 bits per heavy atom. The fraction of sp³-hybridized carbons (Fsp3) is 0.500. The maximum Gasteiger partial charge on any atom is 0.267 e. The van der Waals surface area contributed by atoms with Crippen molar-refractivity contribution in [2.24, 2.45) is 7.05 Å². The van der Waals surface area contributed by atoms with Gasteiger partial charge in [0.25, 0.3) is 5.56 Å². The predicted molar refractivity (Wildman–Crippen MR) is 79.1 cm³/mol. The van der Waals surface area contributed by atoms with Crippen LogP contribution in [0.1, 0.15) is 41.2 Å². The van der Waals surface area contributed by atoms with E-state index in [1.165, 1.54) is 0 Å². The molecule has 7 nitrogen and oxygen atoms in total. The van der Waals surface area contributed by atoms with Crippen LogP contribution >= 0.6 is 0 Å². The van der Waals surface area contributed by atoms with Gasteiger partial charge >= 0.3 is 0 Å². The van der Waals surface area contributed by atoms with Crippen molar-refractivity contribution in [1.82, 2.24) is 25.3 Å². The first-order valence-corrected chi connectivity index (χ1v) is 6.86. The van der Waals surface area contributed by atoms with Crippen molar-refractivity contribution in [3.8, 4) is 0 Å². The number of rotatable bonds is 4. The molecule has 2 aromatic heterocycles. The molecule has 0 saturated heterocycles. The third kappa shape index (κ3) is 2.91. The lowest BCUT2D eigenvalue weighted by molar-refractivity contribution is -0.121. The van der Waals surface area contributed by atoms with E-state index in [9.17, 15) is 9.59 Å². The van der Waals surface area contributed by atoms with Crippen molar-refractivity contribution in [2.75, 3.05) is 0 Å². The van der Waals surface area contributed by atoms with Crippen LogP contribution in [0.25, 0.3) is 0 Å². The zero-order valence-corrected chi connectivity index (χ0v) is 13.0. The Balaban J connectivity index is 2.11. The minimum atomic E-state index is -0.246. The molecule has 2 aromatic rings. The summed E-state index contributed by atoms with van der Waals surface area (Å²) in [6.07, 6.45) is 0.0629. The summed E-state index contributed by atoms with van der Waals surface area (Å²) in [5, 5.41) is 12.5. The molecule has 21 heavy (non-hydrogen) atoms. The molecule has 0 radical (unpaired) electrons. The zero-order valence-electron chi connectivity index (χ0n) is 13.0. The molecule has 1 amide bonds. The molecule has 0 aliphatic heterocycles. The van der Waals surface area contributed by atoms with Crippen molar-refractivity contribution >= 4 is 5.91 Å². The fourth-order valence-electron chi connectivity index (χ4n) is 2.63. The van der Waals surface area contributed by atoms with Crippen molar-refractivity contribution in [1.29, 1.82) is 0 Å². The molecule has 0 unspecified atom stereocenters. The molecule has 114 valence electrons. The SMILES string of the molecule is Cc1nn(C)c(C)c1[C@@H](C)NC(=O)Cc1c(C)[nH][nH]c1=O. The maximum absolute atomic E-state index is 12.1. The lowest BCUT2D eigenvalue weighted by atomic mass is 10.1. The van der Waals surface area contributed by atoms with Crippen LogP contribution in [0.3, 0.4) is 0 Å². The van der Waals surface area contributed by atoms with Crippen LogP contribution in [-0.2, 0) is 18.3 Å². The molecule has 7 heteroatoms. The van der Waals surface area contributed by atoms with Gasteiger partial charge in [0.05, 0.1) is 18.2 Å². The van der Waals surface area contributed by atoms with Gasteiger partial charge in [0, 0.05) is 29.6 Å². The smallest absolute Gasteiger partial charge is 0.267 e. The van der Waals surface area contributed by atoms with Crippen molar-refractivity contribution < 1.29 is 4.79 Å². The minimum Gasteiger partial charge on any atom is -0.349 e. The van der Waals surface area contributed by atoms with Gasteiger partial charge in [-0.1, -0.05) is 0 Å². The van der Waals surface area contributed by atoms with Gasteiger partial charge in [-0.05, 0) is 27.7 Å². The summed E-state index contributed by atoms with van der Waals surface area (Å²) < 4.78 is 1.80. The maximum atomic E-state index is 12.1. The average Bonchev–Trinajstić information content (AvgIpc) is 2.83. The normalized spacial score (nSPS) is 12.4. The van der Waals surface area contributed by atoms with Gasteiger partial charge in [-0.2, -0.15) is 5.10 Å². The minimum absolute atomic E-state index is 0.0629. The Labute approximate surface area is 122 Å². The van der Waals surface area contributed by atoms with Gasteiger partial charge in [-0.15, -0.1) is 0 Å². The highest BCUT2D eigenvalue weighted by Gasteiger charge is 2.19. The number of nitrogens with one attached hydrogen (secondary N) is 3. The van der Waals surface area contributed by atoms with Crippen LogP contribution in [0.15, 0.2) is 4.79 Å². The number of aryl methyl sites for hydroxylation is 3. The molecule has 0 aromatic carbocycles. The Hall–Kier alpha value is -2.31. The summed E-state index contributed by atoms with van der Waals surface area (Å²) in [6.45, 7) is 7.58. The van der Waals surface area contributed by atoms with E-state index < -0.39 is 0 Å². The van der Waals surface area contributed by atoms with Crippen LogP contribution in [0.2, 0.25) is 0 Å². The number of nitrogens with zero attached hydrogens (tertiary/aromatic N) is 2. The van der Waals surface area contributed by atoms with Gasteiger partial charge in [-0.25, -0.2) is 0 Å². The number of carbonyl (C=O) groups is 1. The van der Waals surface area contributed by atoms with Crippen LogP contribution in [-0.4, -0.2) is 25.9 Å². The molecule has 1 atom stereocenters. The van der Waals surface area contributed by atoms with Gasteiger partial charge in [0.2, 0.25) is 5.91 Å². The lowest BCUT2D eigenvalue weighted by Gasteiger charge is -2.14. The highest BCUT2D eigenvalue weighted by molar-refractivity contribution is 5.79. The van der Waals surface area contributed by atoms with Crippen LogP contribution < -0.4 is 10.9 Å². The number of carbonyl (C=O) groups excluding carboxylic acids is 1. The molecule has 2 rings (SSSR count). The predicted octanol–water partition coefficient (Wildman–Crippen LogP) is 0.782. The Bertz CT molecular complexity index is 722. The van der Waals surface area contributed by atoms with Crippen molar-refractivity contribution in [3.05, 3.63) is 38.6 Å². The van der Waals surface area contributed by atoms with Crippen LogP contribution in [0.5, 0.6) is 0 Å². The summed E-state index contributed by atoms with van der Waals surface area (Å²) >= 11 is 0. The van der Waals surface area contributed by atoms with E-state index in [0.29, 0.717) is 11.3 Å². The van der Waals surface area contributed by atoms with E-state index in [2.05, 4.69) is 20.6 Å². The summed E-state index contributed by atoms with van der Waals surface area (Å²) in [6, 6.07) is -0.149. The highest BCUT2D eigenvalue weighted by Crippen LogP contribution is 2.20. The quantitative estimate of drug-likeness (QED) is 0.777. The van der Waals surface area contributed by atoms with E-state index >= 15 is 0 Å². The summed E-state index contributed by atoms with van der Waals surface area (Å²) in [5.74, 6) is -0.182. The lowest BCUT2D eigenvalue weighted by Crippen LogP contribution is -2.30. The fourth-order valence-corrected chi connectivity index (χ4v) is 2.63. The van der Waals surface area contributed by atoms with E-state index in [1.54, 1.807) is 11.6 Å². The van der Waals surface area contributed by atoms with Crippen LogP contribution in [0.4, 0.5) is 0 Å². The van der Waals surface area contributed by atoms with E-state index in [1.807, 2.05) is 27.8 Å². The summed E-state index contributed by atoms with van der Waals surface area (Å²) in [7, 11) is 1.88. The first-order valence-electron chi connectivity index (χ1n) is 6.86. The van der Waals surface area contributed by atoms with Crippen LogP contribution in [0, 0.1) is 20.8 Å². The first-order chi connectivity index (χ1) is 9.81. The average molecular weight is 291 g/mol. The molecule has 0 spiro atoms. The monoisotopic (exact) mass is 291 g/mol. The van der Waals surface area contributed by atoms with Crippen molar-refractivity contribution in [2.45, 2.75) is 40.2 Å². The molecule has 0 fully saturated rings. The molecular weight excluding hydrogens is 270 g/mol. The number of amides is 1. The Kier molecular flexibility index (Phi) is 4.02. The number of aromatic amines is 2. The third-order valence-corrected chi connectivity index (χ3v) is 3.80. The second-order valence-corrected chi connectivity index (χ2v) is 5.36. The third-order valence-electron chi connectivity index (χ3n) is 3.80. The summed E-state index contributed by atoms with van der Waals surface area (Å²) in [5.41, 5.74) is 3.86. The number of H-pyrrole nitrogens is 2. The largest absolute Gasteiger partial charge is 0.349 e. The number of hydrogen-bond donors (Lipinski definition) is 3. The summed E-state index contributed by atoms with van der Waals surface area (Å²) in [4.78, 5) is 23.7. The Morgan fingerprint density at radius 2 is 2.00 bits per heavy atom. The van der Waals surface area contributed by atoms with E-state index in [4.69, 9.17) is 0 Å². The highest BCUT2D eigenvalue weighted by atomic mass is 16.2. The molecule has 0 aliphatic rings.